The summed E-state index contributed by atoms with van der Waals surface area (Å²) in [7, 11) is 3.86. The minimum absolute atomic E-state index is 0.658. The Bertz CT molecular complexity index is 522. The van der Waals surface area contributed by atoms with Gasteiger partial charge in [-0.2, -0.15) is 5.10 Å². The van der Waals surface area contributed by atoms with Crippen LogP contribution in [0.1, 0.15) is 5.56 Å². The first-order valence-corrected chi connectivity index (χ1v) is 5.95. The van der Waals surface area contributed by atoms with Gasteiger partial charge in [-0.25, -0.2) is 4.98 Å². The molecule has 0 spiro atoms. The van der Waals surface area contributed by atoms with Gasteiger partial charge < -0.3 is 10.6 Å². The quantitative estimate of drug-likeness (QED) is 0.938. The summed E-state index contributed by atoms with van der Waals surface area (Å²) in [6.07, 6.45) is 5.56. The third-order valence-electron chi connectivity index (χ3n) is 2.40. The summed E-state index contributed by atoms with van der Waals surface area (Å²) in [6.45, 7) is 0.729. The number of nitrogens with two attached hydrogens (primary N) is 1. The molecular weight excluding hydrogens is 282 g/mol. The summed E-state index contributed by atoms with van der Waals surface area (Å²) >= 11 is 3.34. The predicted molar refractivity (Wildman–Crippen MR) is 71.7 cm³/mol. The van der Waals surface area contributed by atoms with Crippen molar-refractivity contribution < 1.29 is 0 Å². The second-order valence-electron chi connectivity index (χ2n) is 3.94. The molecule has 0 aliphatic heterocycles. The van der Waals surface area contributed by atoms with Crippen molar-refractivity contribution in [2.24, 2.45) is 7.05 Å². The van der Waals surface area contributed by atoms with Crippen LogP contribution < -0.4 is 10.6 Å². The number of aromatic nitrogens is 3. The molecule has 0 atom stereocenters. The number of hydrogen-bond donors (Lipinski definition) is 1. The highest BCUT2D eigenvalue weighted by Crippen LogP contribution is 2.23. The molecule has 0 fully saturated rings. The van der Waals surface area contributed by atoms with E-state index in [1.54, 1.807) is 10.9 Å². The highest BCUT2D eigenvalue weighted by atomic mass is 79.9. The lowest BCUT2D eigenvalue weighted by atomic mass is 10.3. The van der Waals surface area contributed by atoms with Gasteiger partial charge in [0.2, 0.25) is 0 Å². The average Bonchev–Trinajstić information content (AvgIpc) is 2.63. The van der Waals surface area contributed by atoms with Crippen molar-refractivity contribution in [2.45, 2.75) is 6.54 Å². The predicted octanol–water partition coefficient (Wildman–Crippen LogP) is 1.80. The highest BCUT2D eigenvalue weighted by Gasteiger charge is 2.08. The van der Waals surface area contributed by atoms with E-state index in [0.717, 1.165) is 22.4 Å². The molecule has 0 radical (unpaired) electrons. The van der Waals surface area contributed by atoms with Gasteiger partial charge in [0, 0.05) is 43.1 Å². The number of anilines is 2. The molecule has 0 unspecified atom stereocenters. The van der Waals surface area contributed by atoms with E-state index in [1.807, 2.05) is 37.5 Å². The molecule has 90 valence electrons. The summed E-state index contributed by atoms with van der Waals surface area (Å²) in [5.41, 5.74) is 7.71. The minimum atomic E-state index is 0.658. The van der Waals surface area contributed by atoms with Gasteiger partial charge in [-0.15, -0.1) is 0 Å². The Hall–Kier alpha value is -1.56. The zero-order valence-electron chi connectivity index (χ0n) is 9.76. The van der Waals surface area contributed by atoms with Gasteiger partial charge in [0.15, 0.2) is 5.82 Å². The SMILES string of the molecule is CN(Cc1cnn(C)c1)c1ncc(Br)cc1N. The first-order valence-electron chi connectivity index (χ1n) is 5.16. The molecule has 5 nitrogen and oxygen atoms in total. The van der Waals surface area contributed by atoms with E-state index < -0.39 is 0 Å². The zero-order valence-corrected chi connectivity index (χ0v) is 11.3. The Balaban J connectivity index is 2.17. The molecule has 0 aliphatic carbocycles. The van der Waals surface area contributed by atoms with Gasteiger partial charge in [-0.3, -0.25) is 4.68 Å². The number of rotatable bonds is 3. The molecule has 0 bridgehead atoms. The van der Waals surface area contributed by atoms with Gasteiger partial charge in [-0.1, -0.05) is 0 Å². The maximum atomic E-state index is 5.93. The van der Waals surface area contributed by atoms with Crippen molar-refractivity contribution in [1.29, 1.82) is 0 Å². The summed E-state index contributed by atoms with van der Waals surface area (Å²) in [5.74, 6) is 0.775. The molecule has 2 N–H and O–H groups in total. The summed E-state index contributed by atoms with van der Waals surface area (Å²) < 4.78 is 2.66. The molecule has 2 aromatic heterocycles. The number of aryl methyl sites for hydroxylation is 1. The van der Waals surface area contributed by atoms with Crippen LogP contribution in [0.5, 0.6) is 0 Å². The minimum Gasteiger partial charge on any atom is -0.396 e. The molecule has 2 heterocycles. The molecule has 0 saturated heterocycles. The number of halogens is 1. The second-order valence-corrected chi connectivity index (χ2v) is 4.86. The molecule has 0 amide bonds. The van der Waals surface area contributed by atoms with Crippen LogP contribution in [0.2, 0.25) is 0 Å². The Morgan fingerprint density at radius 3 is 2.82 bits per heavy atom. The number of hydrogen-bond acceptors (Lipinski definition) is 4. The Morgan fingerprint density at radius 2 is 2.24 bits per heavy atom. The summed E-state index contributed by atoms with van der Waals surface area (Å²) in [5, 5.41) is 4.13. The Labute approximate surface area is 108 Å². The van der Waals surface area contributed by atoms with Gasteiger partial charge in [0.05, 0.1) is 11.9 Å². The monoisotopic (exact) mass is 295 g/mol. The van der Waals surface area contributed by atoms with Crippen LogP contribution in [-0.4, -0.2) is 21.8 Å². The fourth-order valence-electron chi connectivity index (χ4n) is 1.67. The van der Waals surface area contributed by atoms with E-state index in [4.69, 9.17) is 5.73 Å². The zero-order chi connectivity index (χ0) is 12.4. The standard InChI is InChI=1S/C11H14BrN5/c1-16(6-8-4-15-17(2)7-8)11-10(13)3-9(12)5-14-11/h3-5,7H,6,13H2,1-2H3. The van der Waals surface area contributed by atoms with E-state index in [2.05, 4.69) is 26.0 Å². The second kappa shape index (κ2) is 4.75. The van der Waals surface area contributed by atoms with Crippen LogP contribution in [0.3, 0.4) is 0 Å². The molecule has 0 aromatic carbocycles. The van der Waals surface area contributed by atoms with Crippen LogP contribution in [0, 0.1) is 0 Å². The molecule has 0 saturated carbocycles. The lowest BCUT2D eigenvalue weighted by Crippen LogP contribution is -2.18. The molecular formula is C11H14BrN5. The lowest BCUT2D eigenvalue weighted by Gasteiger charge is -2.18. The van der Waals surface area contributed by atoms with Crippen LogP contribution >= 0.6 is 15.9 Å². The van der Waals surface area contributed by atoms with Crippen molar-refractivity contribution in [2.75, 3.05) is 17.7 Å². The largest absolute Gasteiger partial charge is 0.396 e. The van der Waals surface area contributed by atoms with E-state index in [9.17, 15) is 0 Å². The third-order valence-corrected chi connectivity index (χ3v) is 2.84. The van der Waals surface area contributed by atoms with Crippen molar-refractivity contribution in [3.05, 3.63) is 34.7 Å². The normalized spacial score (nSPS) is 10.5. The Morgan fingerprint density at radius 1 is 1.47 bits per heavy atom. The molecule has 17 heavy (non-hydrogen) atoms. The first-order chi connectivity index (χ1) is 8.06. The van der Waals surface area contributed by atoms with Crippen LogP contribution in [0.15, 0.2) is 29.1 Å². The van der Waals surface area contributed by atoms with E-state index >= 15 is 0 Å². The molecule has 2 rings (SSSR count). The van der Waals surface area contributed by atoms with Crippen molar-refractivity contribution >= 4 is 27.4 Å². The molecule has 2 aromatic rings. The van der Waals surface area contributed by atoms with Gasteiger partial charge in [0.1, 0.15) is 0 Å². The van der Waals surface area contributed by atoms with Gasteiger partial charge in [0.25, 0.3) is 0 Å². The maximum absolute atomic E-state index is 5.93. The summed E-state index contributed by atoms with van der Waals surface area (Å²) in [6, 6.07) is 1.85. The summed E-state index contributed by atoms with van der Waals surface area (Å²) in [4.78, 5) is 6.31. The van der Waals surface area contributed by atoms with E-state index in [0.29, 0.717) is 5.69 Å². The third kappa shape index (κ3) is 2.76. The van der Waals surface area contributed by atoms with Crippen LogP contribution in [0.4, 0.5) is 11.5 Å². The van der Waals surface area contributed by atoms with Crippen molar-refractivity contribution in [3.63, 3.8) is 0 Å². The fourth-order valence-corrected chi connectivity index (χ4v) is 2.02. The maximum Gasteiger partial charge on any atom is 0.151 e. The van der Waals surface area contributed by atoms with Gasteiger partial charge >= 0.3 is 0 Å². The molecule has 6 heteroatoms. The van der Waals surface area contributed by atoms with E-state index in [-0.39, 0.29) is 0 Å². The highest BCUT2D eigenvalue weighted by molar-refractivity contribution is 9.10. The smallest absolute Gasteiger partial charge is 0.151 e. The Kier molecular flexibility index (Phi) is 3.33. The lowest BCUT2D eigenvalue weighted by molar-refractivity contribution is 0.766. The van der Waals surface area contributed by atoms with Crippen LogP contribution in [0.25, 0.3) is 0 Å². The molecule has 0 aliphatic rings. The number of nitrogens with zero attached hydrogens (tertiary/aromatic N) is 4. The number of nitrogen functional groups attached to an aromatic ring is 1. The van der Waals surface area contributed by atoms with Crippen LogP contribution in [-0.2, 0) is 13.6 Å². The average molecular weight is 296 g/mol. The van der Waals surface area contributed by atoms with Crippen molar-refractivity contribution in [3.8, 4) is 0 Å². The topological polar surface area (TPSA) is 60.0 Å². The first kappa shape index (κ1) is 11.9. The fraction of sp³-hybridized carbons (Fsp3) is 0.273. The number of pyridine rings is 1. The van der Waals surface area contributed by atoms with Gasteiger partial charge in [-0.05, 0) is 22.0 Å². The van der Waals surface area contributed by atoms with E-state index in [1.165, 1.54) is 0 Å². The van der Waals surface area contributed by atoms with Crippen molar-refractivity contribution in [1.82, 2.24) is 14.8 Å².